The Bertz CT molecular complexity index is 1330. The van der Waals surface area contributed by atoms with Crippen LogP contribution in [0.15, 0.2) is 77.6 Å². The maximum absolute atomic E-state index is 13.8. The molecule has 0 atom stereocenters. The van der Waals surface area contributed by atoms with Gasteiger partial charge in [0.2, 0.25) is 0 Å². The Morgan fingerprint density at radius 3 is 2.42 bits per heavy atom. The molecule has 0 saturated heterocycles. The molecule has 0 bridgehead atoms. The van der Waals surface area contributed by atoms with Crippen molar-refractivity contribution in [3.8, 4) is 5.69 Å². The van der Waals surface area contributed by atoms with Gasteiger partial charge in [0, 0.05) is 25.6 Å². The first-order chi connectivity index (χ1) is 16.0. The highest BCUT2D eigenvalue weighted by molar-refractivity contribution is 5.93. The molecule has 1 amide bonds. The molecule has 4 aromatic rings. The molecule has 4 rings (SSSR count). The molecule has 7 heteroatoms. The van der Waals surface area contributed by atoms with Gasteiger partial charge in [0.25, 0.3) is 11.5 Å². The molecular formula is C26H26N4O3. The van der Waals surface area contributed by atoms with Gasteiger partial charge < -0.3 is 4.90 Å². The van der Waals surface area contributed by atoms with Crippen LogP contribution in [0.4, 0.5) is 5.69 Å². The van der Waals surface area contributed by atoms with Gasteiger partial charge in [-0.1, -0.05) is 43.3 Å². The molecule has 3 aromatic carbocycles. The Morgan fingerprint density at radius 2 is 1.76 bits per heavy atom. The highest BCUT2D eigenvalue weighted by atomic mass is 16.5. The molecule has 0 aliphatic rings. The van der Waals surface area contributed by atoms with Gasteiger partial charge in [-0.15, -0.1) is 0 Å². The summed E-state index contributed by atoms with van der Waals surface area (Å²) in [7, 11) is 1.93. The van der Waals surface area contributed by atoms with Crippen molar-refractivity contribution in [3.63, 3.8) is 0 Å². The summed E-state index contributed by atoms with van der Waals surface area (Å²) >= 11 is 0. The summed E-state index contributed by atoms with van der Waals surface area (Å²) in [5.41, 5.74) is 5.14. The number of benzene rings is 3. The average Bonchev–Trinajstić information content (AvgIpc) is 2.84. The van der Waals surface area contributed by atoms with Crippen LogP contribution in [0.1, 0.15) is 35.1 Å². The summed E-state index contributed by atoms with van der Waals surface area (Å²) in [6, 6.07) is 22.3. The van der Waals surface area contributed by atoms with E-state index >= 15 is 0 Å². The zero-order valence-electron chi connectivity index (χ0n) is 18.7. The van der Waals surface area contributed by atoms with Gasteiger partial charge in [0.1, 0.15) is 5.82 Å². The zero-order valence-corrected chi connectivity index (χ0v) is 18.7. The average molecular weight is 443 g/mol. The first kappa shape index (κ1) is 22.2. The molecule has 0 aliphatic heterocycles. The van der Waals surface area contributed by atoms with Crippen LogP contribution in [-0.4, -0.2) is 27.7 Å². The lowest BCUT2D eigenvalue weighted by Gasteiger charge is -2.22. The second-order valence-corrected chi connectivity index (χ2v) is 7.92. The minimum Gasteiger partial charge on any atom is -0.370 e. The van der Waals surface area contributed by atoms with Crippen molar-refractivity contribution in [1.82, 2.24) is 15.0 Å². The van der Waals surface area contributed by atoms with Crippen molar-refractivity contribution in [1.29, 1.82) is 0 Å². The predicted octanol–water partition coefficient (Wildman–Crippen LogP) is 4.09. The topological polar surface area (TPSA) is 87.5 Å². The van der Waals surface area contributed by atoms with E-state index in [1.807, 2.05) is 72.6 Å². The minimum absolute atomic E-state index is 0.0907. The fraction of sp³-hybridized carbons (Fsp3) is 0.192. The molecule has 0 saturated carbocycles. The third-order valence-corrected chi connectivity index (χ3v) is 5.58. The SMILES string of the molecule is CCCc1nc2cccc(N(C)Cc3ccc(C(=O)NO)cc3)c2c(=O)n1-c1ccccc1. The zero-order chi connectivity index (χ0) is 23.4. The van der Waals surface area contributed by atoms with E-state index in [0.717, 1.165) is 29.2 Å². The second kappa shape index (κ2) is 9.67. The number of nitrogens with one attached hydrogen (secondary N) is 1. The number of hydrogen-bond acceptors (Lipinski definition) is 5. The van der Waals surface area contributed by atoms with E-state index in [1.165, 1.54) is 0 Å². The Labute approximate surface area is 191 Å². The van der Waals surface area contributed by atoms with Crippen molar-refractivity contribution < 1.29 is 10.0 Å². The van der Waals surface area contributed by atoms with E-state index in [1.54, 1.807) is 22.2 Å². The number of para-hydroxylation sites is 1. The molecule has 33 heavy (non-hydrogen) atoms. The highest BCUT2D eigenvalue weighted by Crippen LogP contribution is 2.25. The maximum atomic E-state index is 13.8. The van der Waals surface area contributed by atoms with Crippen LogP contribution in [0, 0.1) is 0 Å². The van der Waals surface area contributed by atoms with Crippen LogP contribution in [0.5, 0.6) is 0 Å². The smallest absolute Gasteiger partial charge is 0.274 e. The first-order valence-corrected chi connectivity index (χ1v) is 10.9. The Balaban J connectivity index is 1.78. The standard InChI is InChI=1S/C26H26N4O3/c1-3-8-23-27-21-11-7-12-22(24(21)26(32)30(23)20-9-5-4-6-10-20)29(2)17-18-13-15-19(16-14-18)25(31)28-33/h4-7,9-16,33H,3,8,17H2,1-2H3,(H,28,31). The summed E-state index contributed by atoms with van der Waals surface area (Å²) in [4.78, 5) is 32.2. The van der Waals surface area contributed by atoms with Gasteiger partial charge in [-0.3, -0.25) is 19.4 Å². The summed E-state index contributed by atoms with van der Waals surface area (Å²) in [5, 5.41) is 9.36. The van der Waals surface area contributed by atoms with E-state index in [2.05, 4.69) is 6.92 Å². The number of aromatic nitrogens is 2. The summed E-state index contributed by atoms with van der Waals surface area (Å²) in [5.74, 6) is 0.193. The van der Waals surface area contributed by atoms with E-state index < -0.39 is 5.91 Å². The third kappa shape index (κ3) is 4.49. The fourth-order valence-corrected chi connectivity index (χ4v) is 4.00. The molecule has 0 spiro atoms. The van der Waals surface area contributed by atoms with E-state index in [9.17, 15) is 9.59 Å². The molecule has 0 fully saturated rings. The second-order valence-electron chi connectivity index (χ2n) is 7.92. The monoisotopic (exact) mass is 442 g/mol. The van der Waals surface area contributed by atoms with Gasteiger partial charge in [-0.25, -0.2) is 10.5 Å². The summed E-state index contributed by atoms with van der Waals surface area (Å²) in [6.07, 6.45) is 1.59. The maximum Gasteiger partial charge on any atom is 0.274 e. The normalized spacial score (nSPS) is 10.9. The van der Waals surface area contributed by atoms with Crippen molar-refractivity contribution >= 4 is 22.5 Å². The van der Waals surface area contributed by atoms with Crippen molar-refractivity contribution in [2.24, 2.45) is 0 Å². The summed E-state index contributed by atoms with van der Waals surface area (Å²) < 4.78 is 1.71. The van der Waals surface area contributed by atoms with E-state index in [4.69, 9.17) is 10.2 Å². The Morgan fingerprint density at radius 1 is 1.03 bits per heavy atom. The lowest BCUT2D eigenvalue weighted by Crippen LogP contribution is -2.26. The number of amides is 1. The van der Waals surface area contributed by atoms with Gasteiger partial charge in [-0.2, -0.15) is 0 Å². The number of hydroxylamine groups is 1. The molecule has 7 nitrogen and oxygen atoms in total. The van der Waals surface area contributed by atoms with Crippen LogP contribution in [-0.2, 0) is 13.0 Å². The largest absolute Gasteiger partial charge is 0.370 e. The van der Waals surface area contributed by atoms with Crippen molar-refractivity contribution in [3.05, 3.63) is 100 Å². The molecule has 0 unspecified atom stereocenters. The van der Waals surface area contributed by atoms with Crippen LogP contribution in [0.2, 0.25) is 0 Å². The molecule has 168 valence electrons. The van der Waals surface area contributed by atoms with Gasteiger partial charge in [0.05, 0.1) is 22.3 Å². The predicted molar refractivity (Wildman–Crippen MR) is 129 cm³/mol. The van der Waals surface area contributed by atoms with Crippen LogP contribution >= 0.6 is 0 Å². The minimum atomic E-state index is -0.556. The molecule has 1 heterocycles. The van der Waals surface area contributed by atoms with Gasteiger partial charge >= 0.3 is 0 Å². The van der Waals surface area contributed by atoms with Crippen LogP contribution in [0.25, 0.3) is 16.6 Å². The Hall–Kier alpha value is -3.97. The quantitative estimate of drug-likeness (QED) is 0.332. The van der Waals surface area contributed by atoms with E-state index in [0.29, 0.717) is 29.4 Å². The number of carbonyl (C=O) groups is 1. The Kier molecular flexibility index (Phi) is 6.51. The number of nitrogens with zero attached hydrogens (tertiary/aromatic N) is 3. The summed E-state index contributed by atoms with van der Waals surface area (Å²) in [6.45, 7) is 2.60. The molecule has 0 radical (unpaired) electrons. The molecular weight excluding hydrogens is 416 g/mol. The molecule has 1 aromatic heterocycles. The lowest BCUT2D eigenvalue weighted by molar-refractivity contribution is 0.0706. The highest BCUT2D eigenvalue weighted by Gasteiger charge is 2.17. The lowest BCUT2D eigenvalue weighted by atomic mass is 10.1. The fourth-order valence-electron chi connectivity index (χ4n) is 4.00. The number of hydrogen-bond donors (Lipinski definition) is 2. The number of anilines is 1. The van der Waals surface area contributed by atoms with Crippen LogP contribution < -0.4 is 15.9 Å². The first-order valence-electron chi connectivity index (χ1n) is 10.9. The van der Waals surface area contributed by atoms with Gasteiger partial charge in [-0.05, 0) is 48.4 Å². The third-order valence-electron chi connectivity index (χ3n) is 5.58. The van der Waals surface area contributed by atoms with Gasteiger partial charge in [0.15, 0.2) is 0 Å². The molecule has 2 N–H and O–H groups in total. The van der Waals surface area contributed by atoms with E-state index in [-0.39, 0.29) is 5.56 Å². The number of rotatable bonds is 7. The number of carbonyl (C=O) groups excluding carboxylic acids is 1. The van der Waals surface area contributed by atoms with Crippen LogP contribution in [0.3, 0.4) is 0 Å². The van der Waals surface area contributed by atoms with Crippen molar-refractivity contribution in [2.45, 2.75) is 26.3 Å². The number of aryl methyl sites for hydroxylation is 1. The number of fused-ring (bicyclic) bond motifs is 1. The molecule has 0 aliphatic carbocycles. The van der Waals surface area contributed by atoms with Crippen molar-refractivity contribution in [2.75, 3.05) is 11.9 Å².